The van der Waals surface area contributed by atoms with Crippen molar-refractivity contribution in [1.82, 2.24) is 0 Å². The number of hydrogen-bond acceptors (Lipinski definition) is 2. The van der Waals surface area contributed by atoms with Crippen LogP contribution in [0.3, 0.4) is 0 Å². The number of rotatable bonds is 5. The summed E-state index contributed by atoms with van der Waals surface area (Å²) in [4.78, 5) is 11.1. The molecule has 0 aromatic carbocycles. The first kappa shape index (κ1) is 19.1. The van der Waals surface area contributed by atoms with Crippen molar-refractivity contribution in [3.63, 3.8) is 0 Å². The molecule has 0 amide bonds. The van der Waals surface area contributed by atoms with Crippen LogP contribution in [0.2, 0.25) is 0 Å². The van der Waals surface area contributed by atoms with Crippen LogP contribution in [-0.4, -0.2) is 22.3 Å². The summed E-state index contributed by atoms with van der Waals surface area (Å²) >= 11 is 0. The Morgan fingerprint density at radius 3 is 2.48 bits per heavy atom. The van der Waals surface area contributed by atoms with Crippen molar-refractivity contribution in [1.29, 1.82) is 0 Å². The zero-order chi connectivity index (χ0) is 22.8. The summed E-state index contributed by atoms with van der Waals surface area (Å²) in [5, 5.41) is 21.0. The second-order valence-corrected chi connectivity index (χ2v) is 11.6. The lowest BCUT2D eigenvalue weighted by molar-refractivity contribution is -0.194. The van der Waals surface area contributed by atoms with Crippen LogP contribution in [0.5, 0.6) is 0 Å². The topological polar surface area (TPSA) is 57.5 Å². The molecule has 4 aliphatic rings. The summed E-state index contributed by atoms with van der Waals surface area (Å²) in [6, 6.07) is 0. The minimum atomic E-state index is -1.37. The minimum absolute atomic E-state index is 0.142. The number of aliphatic hydroxyl groups is 1. The van der Waals surface area contributed by atoms with Gasteiger partial charge in [-0.2, -0.15) is 0 Å². The van der Waals surface area contributed by atoms with Gasteiger partial charge in [-0.15, -0.1) is 0 Å². The Hall–Kier alpha value is -0.570. The maximum Gasteiger partial charge on any atom is 0.303 e. The van der Waals surface area contributed by atoms with E-state index in [1.807, 2.05) is 0 Å². The fourth-order valence-electron chi connectivity index (χ4n) is 9.25. The van der Waals surface area contributed by atoms with Crippen LogP contribution in [0.1, 0.15) is 101 Å². The van der Waals surface area contributed by atoms with Gasteiger partial charge in [0.2, 0.25) is 0 Å². The minimum Gasteiger partial charge on any atom is -0.481 e. The van der Waals surface area contributed by atoms with Gasteiger partial charge in [0.25, 0.3) is 0 Å². The third-order valence-corrected chi connectivity index (χ3v) is 10.6. The fourth-order valence-corrected chi connectivity index (χ4v) is 9.25. The van der Waals surface area contributed by atoms with Crippen molar-refractivity contribution >= 4 is 5.97 Å². The summed E-state index contributed by atoms with van der Waals surface area (Å²) < 4.78 is 17.3. The molecule has 0 unspecified atom stereocenters. The van der Waals surface area contributed by atoms with Gasteiger partial charge in [0.1, 0.15) is 0 Å². The first-order chi connectivity index (χ1) is 14.4. The molecule has 10 atom stereocenters. The van der Waals surface area contributed by atoms with E-state index in [1.165, 1.54) is 25.7 Å². The third kappa shape index (κ3) is 3.29. The highest BCUT2D eigenvalue weighted by atomic mass is 16.4. The van der Waals surface area contributed by atoms with Crippen LogP contribution in [0.15, 0.2) is 0 Å². The zero-order valence-electron chi connectivity index (χ0n) is 21.0. The molecule has 2 N–H and O–H groups in total. The van der Waals surface area contributed by atoms with E-state index >= 15 is 0 Å². The first-order valence-electron chi connectivity index (χ1n) is 13.3. The molecule has 0 heterocycles. The monoisotopic (exact) mass is 406 g/mol. The average Bonchev–Trinajstić information content (AvgIpc) is 3.02. The van der Waals surface area contributed by atoms with E-state index in [0.717, 1.165) is 32.1 Å². The Balaban J connectivity index is 1.66. The molecular formula is C26H44O3. The lowest BCUT2D eigenvalue weighted by Gasteiger charge is -2.64. The SMILES string of the molecule is [2H]C([2H])(C)[C@H]1[C@@H](O)[C@@H]2[C@H](CC[C@]3(C)[C@@H]([C@H](C)CCC(=O)O)CC[C@@H]23)[C@@]2(C)CCCC[C@@H]12. The van der Waals surface area contributed by atoms with Gasteiger partial charge >= 0.3 is 5.97 Å². The number of carbonyl (C=O) groups is 1. The molecule has 0 radical (unpaired) electrons. The van der Waals surface area contributed by atoms with E-state index < -0.39 is 18.4 Å². The molecule has 0 aromatic rings. The summed E-state index contributed by atoms with van der Waals surface area (Å²) in [7, 11) is 0. The molecule has 29 heavy (non-hydrogen) atoms. The number of hydrogen-bond donors (Lipinski definition) is 2. The summed E-state index contributed by atoms with van der Waals surface area (Å²) in [6.07, 6.45) is 8.26. The van der Waals surface area contributed by atoms with Crippen molar-refractivity contribution in [2.75, 3.05) is 0 Å². The van der Waals surface area contributed by atoms with E-state index in [9.17, 15) is 9.90 Å². The van der Waals surface area contributed by atoms with Crippen LogP contribution < -0.4 is 0 Å². The first-order valence-corrected chi connectivity index (χ1v) is 12.3. The van der Waals surface area contributed by atoms with E-state index in [0.29, 0.717) is 23.7 Å². The lowest BCUT2D eigenvalue weighted by Crippen LogP contribution is -2.61. The quantitative estimate of drug-likeness (QED) is 0.576. The van der Waals surface area contributed by atoms with Crippen molar-refractivity contribution in [2.24, 2.45) is 52.3 Å². The number of aliphatic hydroxyl groups excluding tert-OH is 1. The number of carboxylic acid groups (broad SMARTS) is 1. The highest BCUT2D eigenvalue weighted by Gasteiger charge is 2.64. The standard InChI is InChI=1S/C26H44O3/c1-5-17-19-8-6-7-14-25(19,3)21-13-15-26(4)18(16(2)9-12-22(27)28)10-11-20(26)23(21)24(17)29/h16-21,23-24,29H,5-15H2,1-4H3,(H,27,28)/t16-,17-,18-,19+,20+,21+,23+,24-,25+,26-/m1/s1/i5D2. The average molecular weight is 407 g/mol. The van der Waals surface area contributed by atoms with Crippen LogP contribution >= 0.6 is 0 Å². The predicted octanol–water partition coefficient (Wildman–Crippen LogP) is 6.14. The maximum atomic E-state index is 11.8. The number of carboxylic acids is 1. The Morgan fingerprint density at radius 1 is 1.07 bits per heavy atom. The zero-order valence-corrected chi connectivity index (χ0v) is 19.0. The van der Waals surface area contributed by atoms with Gasteiger partial charge in [-0.25, -0.2) is 0 Å². The second kappa shape index (κ2) is 7.84. The fraction of sp³-hybridized carbons (Fsp3) is 0.962. The smallest absolute Gasteiger partial charge is 0.303 e. The summed E-state index contributed by atoms with van der Waals surface area (Å²) in [5.74, 6) is 1.32. The van der Waals surface area contributed by atoms with Gasteiger partial charge in [-0.05, 0) is 97.2 Å². The molecule has 4 rings (SSSR count). The molecule has 4 saturated carbocycles. The molecule has 0 saturated heterocycles. The summed E-state index contributed by atoms with van der Waals surface area (Å²) in [5.41, 5.74) is 0.285. The Morgan fingerprint density at radius 2 is 1.79 bits per heavy atom. The molecule has 0 aromatic heterocycles. The van der Waals surface area contributed by atoms with Crippen molar-refractivity contribution in [3.05, 3.63) is 0 Å². The van der Waals surface area contributed by atoms with E-state index in [2.05, 4.69) is 20.8 Å². The highest BCUT2D eigenvalue weighted by Crippen LogP contribution is 2.69. The largest absolute Gasteiger partial charge is 0.481 e. The Kier molecular flexibility index (Phi) is 5.18. The van der Waals surface area contributed by atoms with Gasteiger partial charge < -0.3 is 10.2 Å². The molecular weight excluding hydrogens is 360 g/mol. The van der Waals surface area contributed by atoms with Gasteiger partial charge in [0.15, 0.2) is 0 Å². The molecule has 3 nitrogen and oxygen atoms in total. The van der Waals surface area contributed by atoms with Crippen molar-refractivity contribution in [3.8, 4) is 0 Å². The van der Waals surface area contributed by atoms with Gasteiger partial charge in [-0.3, -0.25) is 4.79 Å². The van der Waals surface area contributed by atoms with Gasteiger partial charge in [0, 0.05) is 9.16 Å². The third-order valence-electron chi connectivity index (χ3n) is 10.6. The highest BCUT2D eigenvalue weighted by molar-refractivity contribution is 5.66. The Labute approximate surface area is 180 Å². The van der Waals surface area contributed by atoms with Crippen LogP contribution in [0.4, 0.5) is 0 Å². The molecule has 0 aliphatic heterocycles. The molecule has 3 heteroatoms. The predicted molar refractivity (Wildman–Crippen MR) is 116 cm³/mol. The van der Waals surface area contributed by atoms with E-state index in [-0.39, 0.29) is 35.0 Å². The van der Waals surface area contributed by atoms with Gasteiger partial charge in [0.05, 0.1) is 6.10 Å². The molecule has 4 fully saturated rings. The van der Waals surface area contributed by atoms with E-state index in [4.69, 9.17) is 7.85 Å². The van der Waals surface area contributed by atoms with E-state index in [1.54, 1.807) is 6.92 Å². The molecule has 4 aliphatic carbocycles. The van der Waals surface area contributed by atoms with Gasteiger partial charge in [-0.1, -0.05) is 46.9 Å². The molecule has 166 valence electrons. The lowest BCUT2D eigenvalue weighted by atomic mass is 9.41. The van der Waals surface area contributed by atoms with Crippen molar-refractivity contribution in [2.45, 2.75) is 104 Å². The molecule has 0 bridgehead atoms. The second-order valence-electron chi connectivity index (χ2n) is 11.6. The molecule has 0 spiro atoms. The normalized spacial score (nSPS) is 51.8. The van der Waals surface area contributed by atoms with Crippen LogP contribution in [0, 0.1) is 52.3 Å². The Bertz CT molecular complexity index is 691. The van der Waals surface area contributed by atoms with Crippen molar-refractivity contribution < 1.29 is 17.7 Å². The summed E-state index contributed by atoms with van der Waals surface area (Å²) in [6.45, 7) is 8.78. The number of aliphatic carboxylic acids is 1. The van der Waals surface area contributed by atoms with Crippen LogP contribution in [-0.2, 0) is 4.79 Å². The maximum absolute atomic E-state index is 11.8. The number of fused-ring (bicyclic) bond motifs is 5. The van der Waals surface area contributed by atoms with Crippen LogP contribution in [0.25, 0.3) is 0 Å².